The van der Waals surface area contributed by atoms with Crippen LogP contribution in [0.2, 0.25) is 0 Å². The molecule has 10 heteroatoms. The Morgan fingerprint density at radius 2 is 1.96 bits per heavy atom. The fourth-order valence-corrected chi connectivity index (χ4v) is 3.70. The van der Waals surface area contributed by atoms with Crippen LogP contribution in [0.1, 0.15) is 30.4 Å². The fourth-order valence-electron chi connectivity index (χ4n) is 2.52. The normalized spacial score (nSPS) is 17.2. The Bertz CT molecular complexity index is 597. The summed E-state index contributed by atoms with van der Waals surface area (Å²) in [4.78, 5) is 12.1. The van der Waals surface area contributed by atoms with Gasteiger partial charge in [0.05, 0.1) is 19.2 Å². The van der Waals surface area contributed by atoms with Crippen LogP contribution >= 0.6 is 11.8 Å². The lowest BCUT2D eigenvalue weighted by atomic mass is 10.1. The molecule has 0 spiro atoms. The molecule has 0 saturated carbocycles. The van der Waals surface area contributed by atoms with E-state index in [4.69, 9.17) is 5.11 Å². The molecule has 148 valence electrons. The van der Waals surface area contributed by atoms with E-state index >= 15 is 0 Å². The molecule has 2 rings (SSSR count). The molecule has 0 aromatic heterocycles. The number of carbonyl (C=O) groups is 1. The van der Waals surface area contributed by atoms with Gasteiger partial charge in [0.25, 0.3) is 6.43 Å². The van der Waals surface area contributed by atoms with Crippen molar-refractivity contribution in [1.82, 2.24) is 0 Å². The van der Waals surface area contributed by atoms with E-state index in [0.717, 1.165) is 12.1 Å². The van der Waals surface area contributed by atoms with E-state index in [1.807, 2.05) is 0 Å². The van der Waals surface area contributed by atoms with Gasteiger partial charge in [-0.15, -0.1) is 0 Å². The number of benzene rings is 1. The summed E-state index contributed by atoms with van der Waals surface area (Å²) in [5.41, 5.74) is -1.61. The molecule has 3 nitrogen and oxygen atoms in total. The van der Waals surface area contributed by atoms with Gasteiger partial charge in [0, 0.05) is 35.3 Å². The Labute approximate surface area is 151 Å². The number of carboxylic acids is 1. The molecule has 1 N–H and O–H groups in total. The summed E-state index contributed by atoms with van der Waals surface area (Å²) in [6.07, 6.45) is -6.98. The molecular formula is C16H19F6NO2S. The van der Waals surface area contributed by atoms with Gasteiger partial charge in [0.2, 0.25) is 0 Å². The van der Waals surface area contributed by atoms with Gasteiger partial charge < -0.3 is 10.0 Å². The Morgan fingerprint density at radius 1 is 1.31 bits per heavy atom. The lowest BCUT2D eigenvalue weighted by Crippen LogP contribution is -2.21. The standard InChI is InChI=1S/C15H16F5NO2S.CH3F/c16-14(17)9-5-10(15(18,19)20)7-11(6-9)21-3-1-12(8-21)24-4-2-13(22)23;1-2/h5-7,12,14H,1-4,8H2,(H,22,23);1H3. The maximum absolute atomic E-state index is 12.9. The number of hydrogen-bond acceptors (Lipinski definition) is 3. The number of halogens is 6. The van der Waals surface area contributed by atoms with Gasteiger partial charge in [-0.05, 0) is 24.6 Å². The van der Waals surface area contributed by atoms with E-state index < -0.39 is 29.7 Å². The van der Waals surface area contributed by atoms with Gasteiger partial charge >= 0.3 is 12.1 Å². The zero-order valence-corrected chi connectivity index (χ0v) is 14.7. The molecule has 0 radical (unpaired) electrons. The molecule has 0 aliphatic carbocycles. The van der Waals surface area contributed by atoms with E-state index in [-0.39, 0.29) is 17.4 Å². The fraction of sp³-hybridized carbons (Fsp3) is 0.562. The number of nitrogens with zero attached hydrogens (tertiary/aromatic N) is 1. The molecule has 26 heavy (non-hydrogen) atoms. The van der Waals surface area contributed by atoms with Gasteiger partial charge in [0.15, 0.2) is 0 Å². The highest BCUT2D eigenvalue weighted by Crippen LogP contribution is 2.37. The Morgan fingerprint density at radius 3 is 2.50 bits per heavy atom. The van der Waals surface area contributed by atoms with Gasteiger partial charge in [-0.3, -0.25) is 9.18 Å². The number of thioether (sulfide) groups is 1. The van der Waals surface area contributed by atoms with E-state index in [0.29, 0.717) is 38.5 Å². The summed E-state index contributed by atoms with van der Waals surface area (Å²) in [6.45, 7) is 0.864. The highest BCUT2D eigenvalue weighted by atomic mass is 32.2. The molecule has 1 heterocycles. The van der Waals surface area contributed by atoms with Crippen LogP contribution in [-0.2, 0) is 11.0 Å². The highest BCUT2D eigenvalue weighted by molar-refractivity contribution is 7.99. The van der Waals surface area contributed by atoms with Crippen molar-refractivity contribution in [2.75, 3.05) is 30.9 Å². The van der Waals surface area contributed by atoms with Crippen LogP contribution in [0.15, 0.2) is 18.2 Å². The lowest BCUT2D eigenvalue weighted by molar-refractivity contribution is -0.138. The van der Waals surface area contributed by atoms with Crippen LogP contribution in [0.25, 0.3) is 0 Å². The van der Waals surface area contributed by atoms with Crippen molar-refractivity contribution in [3.63, 3.8) is 0 Å². The van der Waals surface area contributed by atoms with Crippen molar-refractivity contribution >= 4 is 23.4 Å². The number of hydrogen-bond donors (Lipinski definition) is 1. The minimum absolute atomic E-state index is 0.0141. The maximum atomic E-state index is 12.9. The van der Waals surface area contributed by atoms with Crippen molar-refractivity contribution < 1.29 is 36.2 Å². The second-order valence-corrected chi connectivity index (χ2v) is 6.89. The van der Waals surface area contributed by atoms with E-state index in [1.54, 1.807) is 4.90 Å². The molecule has 1 aliphatic heterocycles. The molecule has 1 unspecified atom stereocenters. The summed E-state index contributed by atoms with van der Waals surface area (Å²) in [5, 5.41) is 8.68. The Balaban J connectivity index is 0.00000163. The Hall–Kier alpha value is -1.58. The van der Waals surface area contributed by atoms with E-state index in [1.165, 1.54) is 11.8 Å². The largest absolute Gasteiger partial charge is 0.481 e. The third kappa shape index (κ3) is 6.62. The third-order valence-electron chi connectivity index (χ3n) is 3.70. The second-order valence-electron chi connectivity index (χ2n) is 5.48. The monoisotopic (exact) mass is 403 g/mol. The minimum Gasteiger partial charge on any atom is -0.481 e. The van der Waals surface area contributed by atoms with Crippen LogP contribution < -0.4 is 4.90 Å². The molecule has 0 amide bonds. The zero-order valence-electron chi connectivity index (χ0n) is 13.9. The summed E-state index contributed by atoms with van der Waals surface area (Å²) in [5.74, 6) is -0.490. The first kappa shape index (κ1) is 22.5. The first-order valence-corrected chi connectivity index (χ1v) is 8.68. The molecule has 1 atom stereocenters. The molecule has 1 aromatic carbocycles. The van der Waals surface area contributed by atoms with Crippen molar-refractivity contribution in [2.24, 2.45) is 0 Å². The third-order valence-corrected chi connectivity index (χ3v) is 5.00. The quantitative estimate of drug-likeness (QED) is 0.678. The van der Waals surface area contributed by atoms with Gasteiger partial charge in [-0.25, -0.2) is 8.78 Å². The smallest absolute Gasteiger partial charge is 0.416 e. The molecular weight excluding hydrogens is 384 g/mol. The van der Waals surface area contributed by atoms with Crippen LogP contribution in [0.4, 0.5) is 32.0 Å². The number of rotatable bonds is 6. The minimum atomic E-state index is -4.69. The van der Waals surface area contributed by atoms with E-state index in [9.17, 15) is 31.1 Å². The summed E-state index contributed by atoms with van der Waals surface area (Å²) in [6, 6.07) is 2.45. The average Bonchev–Trinajstić information content (AvgIpc) is 3.04. The number of carboxylic acid groups (broad SMARTS) is 1. The van der Waals surface area contributed by atoms with Gasteiger partial charge in [-0.2, -0.15) is 24.9 Å². The van der Waals surface area contributed by atoms with Crippen molar-refractivity contribution in [3.05, 3.63) is 29.3 Å². The van der Waals surface area contributed by atoms with Crippen LogP contribution in [0, 0.1) is 0 Å². The number of aliphatic carboxylic acids is 1. The first-order chi connectivity index (χ1) is 12.2. The number of alkyl halides is 6. The lowest BCUT2D eigenvalue weighted by Gasteiger charge is -2.21. The predicted octanol–water partition coefficient (Wildman–Crippen LogP) is 5.02. The van der Waals surface area contributed by atoms with Gasteiger partial charge in [0.1, 0.15) is 0 Å². The first-order valence-electron chi connectivity index (χ1n) is 7.63. The topological polar surface area (TPSA) is 40.5 Å². The summed E-state index contributed by atoms with van der Waals surface area (Å²) >= 11 is 1.44. The van der Waals surface area contributed by atoms with Crippen LogP contribution in [-0.4, -0.2) is 42.3 Å². The SMILES string of the molecule is CF.O=C(O)CCSC1CCN(c2cc(C(F)F)cc(C(F)(F)F)c2)C1. The predicted molar refractivity (Wildman–Crippen MR) is 88.8 cm³/mol. The highest BCUT2D eigenvalue weighted by Gasteiger charge is 2.33. The summed E-state index contributed by atoms with van der Waals surface area (Å²) < 4.78 is 73.9. The molecule has 1 aliphatic rings. The van der Waals surface area contributed by atoms with Crippen molar-refractivity contribution in [2.45, 2.75) is 30.7 Å². The molecule has 0 bridgehead atoms. The Kier molecular flexibility index (Phi) is 8.58. The van der Waals surface area contributed by atoms with Crippen LogP contribution in [0.5, 0.6) is 0 Å². The van der Waals surface area contributed by atoms with Crippen LogP contribution in [0.3, 0.4) is 0 Å². The molecule has 1 fully saturated rings. The second kappa shape index (κ2) is 9.94. The zero-order chi connectivity index (χ0) is 19.9. The summed E-state index contributed by atoms with van der Waals surface area (Å²) in [7, 11) is 0.500. The average molecular weight is 403 g/mol. The number of anilines is 1. The maximum Gasteiger partial charge on any atom is 0.416 e. The molecule has 1 saturated heterocycles. The van der Waals surface area contributed by atoms with Gasteiger partial charge in [-0.1, -0.05) is 0 Å². The van der Waals surface area contributed by atoms with E-state index in [2.05, 4.69) is 0 Å². The molecule has 1 aromatic rings. The van der Waals surface area contributed by atoms with Crippen molar-refractivity contribution in [1.29, 1.82) is 0 Å². The van der Waals surface area contributed by atoms with Crippen molar-refractivity contribution in [3.8, 4) is 0 Å².